The van der Waals surface area contributed by atoms with Crippen molar-refractivity contribution in [2.24, 2.45) is 0 Å². The Bertz CT molecular complexity index is 162. The van der Waals surface area contributed by atoms with Crippen molar-refractivity contribution in [3.05, 3.63) is 0 Å². The minimum atomic E-state index is -1.03. The summed E-state index contributed by atoms with van der Waals surface area (Å²) in [5, 5.41) is 0. The average molecular weight is 164 g/mol. The zero-order valence-corrected chi connectivity index (χ0v) is 9.30. The maximum Gasteiger partial charge on any atom is 1.00 e. The van der Waals surface area contributed by atoms with E-state index in [4.69, 9.17) is 0 Å². The number of rotatable bonds is 3. The molecule has 0 unspecified atom stereocenters. The van der Waals surface area contributed by atoms with Crippen LogP contribution in [0.2, 0.25) is 0 Å². The summed E-state index contributed by atoms with van der Waals surface area (Å²) in [6, 6.07) is 0. The Kier molecular flexibility index (Phi) is 7.06. The molecule has 0 radical (unpaired) electrons. The van der Waals surface area contributed by atoms with E-state index in [0.717, 1.165) is 0 Å². The SMILES string of the molecule is CC(=O)B(C(C)=O)C(C)=O.[H-].[Na+]. The van der Waals surface area contributed by atoms with Crippen LogP contribution in [0.1, 0.15) is 22.2 Å². The van der Waals surface area contributed by atoms with Crippen molar-refractivity contribution >= 4 is 23.8 Å². The van der Waals surface area contributed by atoms with Crippen LogP contribution in [0, 0.1) is 0 Å². The summed E-state index contributed by atoms with van der Waals surface area (Å²) < 4.78 is 0. The van der Waals surface area contributed by atoms with Crippen molar-refractivity contribution in [3.63, 3.8) is 0 Å². The number of carbonyl (C=O) groups excluding carboxylic acids is 3. The predicted molar refractivity (Wildman–Crippen MR) is 38.9 cm³/mol. The Morgan fingerprint density at radius 2 is 1.09 bits per heavy atom. The standard InChI is InChI=1S/C6H9BO3.Na.H/c1-4(8)7(5(2)9)6(3)10;;/h1-3H3;;/q;+1;-1. The van der Waals surface area contributed by atoms with Crippen molar-refractivity contribution in [1.82, 2.24) is 0 Å². The van der Waals surface area contributed by atoms with Crippen LogP contribution in [0.15, 0.2) is 0 Å². The van der Waals surface area contributed by atoms with E-state index < -0.39 is 6.71 Å². The zero-order chi connectivity index (χ0) is 8.31. The van der Waals surface area contributed by atoms with E-state index in [1.165, 1.54) is 20.8 Å². The van der Waals surface area contributed by atoms with Crippen molar-refractivity contribution in [2.45, 2.75) is 20.8 Å². The molecule has 0 aliphatic rings. The molecule has 0 spiro atoms. The summed E-state index contributed by atoms with van der Waals surface area (Å²) in [5.74, 6) is 0. The molecule has 0 aromatic rings. The van der Waals surface area contributed by atoms with Gasteiger partial charge in [-0.25, -0.2) is 0 Å². The van der Waals surface area contributed by atoms with Crippen LogP contribution in [-0.4, -0.2) is 23.8 Å². The summed E-state index contributed by atoms with van der Waals surface area (Å²) in [5.41, 5.74) is -1.12. The van der Waals surface area contributed by atoms with Gasteiger partial charge in [-0.3, -0.25) is 0 Å². The summed E-state index contributed by atoms with van der Waals surface area (Å²) in [6.45, 7) is 2.70. The van der Waals surface area contributed by atoms with Gasteiger partial charge in [-0.05, 0) is 20.8 Å². The Morgan fingerprint density at radius 1 is 0.909 bits per heavy atom. The summed E-state index contributed by atoms with van der Waals surface area (Å²) in [4.78, 5) is 31.8. The molecule has 0 saturated heterocycles. The fourth-order valence-electron chi connectivity index (χ4n) is 0.859. The third-order valence-electron chi connectivity index (χ3n) is 1.22. The van der Waals surface area contributed by atoms with Gasteiger partial charge < -0.3 is 15.8 Å². The van der Waals surface area contributed by atoms with Crippen molar-refractivity contribution in [3.8, 4) is 0 Å². The summed E-state index contributed by atoms with van der Waals surface area (Å²) in [6.07, 6.45) is 0. The Balaban J connectivity index is -0.000000405. The van der Waals surface area contributed by atoms with E-state index in [2.05, 4.69) is 0 Å². The molecule has 0 aliphatic heterocycles. The summed E-state index contributed by atoms with van der Waals surface area (Å²) >= 11 is 0. The third-order valence-corrected chi connectivity index (χ3v) is 1.22. The first-order valence-electron chi connectivity index (χ1n) is 2.98. The van der Waals surface area contributed by atoms with Crippen LogP contribution in [-0.2, 0) is 14.4 Å². The first kappa shape index (κ1) is 13.7. The van der Waals surface area contributed by atoms with Crippen LogP contribution in [0.5, 0.6) is 0 Å². The molecular weight excluding hydrogens is 154 g/mol. The molecule has 0 fully saturated rings. The smallest absolute Gasteiger partial charge is 1.00 e. The van der Waals surface area contributed by atoms with Gasteiger partial charge in [-0.1, -0.05) is 0 Å². The molecule has 0 bridgehead atoms. The molecule has 0 aromatic heterocycles. The fourth-order valence-corrected chi connectivity index (χ4v) is 0.859. The average Bonchev–Trinajstić information content (AvgIpc) is 1.59. The Labute approximate surface area is 89.8 Å². The largest absolute Gasteiger partial charge is 1.00 e. The summed E-state index contributed by atoms with van der Waals surface area (Å²) in [7, 11) is 0. The maximum atomic E-state index is 10.6. The second-order valence-electron chi connectivity index (χ2n) is 2.26. The second-order valence-corrected chi connectivity index (χ2v) is 2.26. The number of hydrogen-bond donors (Lipinski definition) is 0. The van der Waals surface area contributed by atoms with Crippen molar-refractivity contribution < 1.29 is 45.4 Å². The maximum absolute atomic E-state index is 10.6. The van der Waals surface area contributed by atoms with E-state index >= 15 is 0 Å². The molecule has 0 heterocycles. The fraction of sp³-hybridized carbons (Fsp3) is 0.500. The van der Waals surface area contributed by atoms with Gasteiger partial charge in [0.2, 0.25) is 0 Å². The quantitative estimate of drug-likeness (QED) is 0.417. The van der Waals surface area contributed by atoms with Crippen LogP contribution < -0.4 is 29.6 Å². The van der Waals surface area contributed by atoms with Gasteiger partial charge in [-0.15, -0.1) is 0 Å². The zero-order valence-electron chi connectivity index (χ0n) is 8.30. The van der Waals surface area contributed by atoms with E-state index in [1.54, 1.807) is 0 Å². The van der Waals surface area contributed by atoms with Gasteiger partial charge in [-0.2, -0.15) is 0 Å². The van der Waals surface area contributed by atoms with Gasteiger partial charge in [0.15, 0.2) is 0 Å². The monoisotopic (exact) mass is 164 g/mol. The molecule has 0 atom stereocenters. The molecule has 0 aliphatic carbocycles. The van der Waals surface area contributed by atoms with Gasteiger partial charge in [0.05, 0.1) is 0 Å². The molecule has 11 heavy (non-hydrogen) atoms. The van der Waals surface area contributed by atoms with E-state index in [-0.39, 0.29) is 48.0 Å². The van der Waals surface area contributed by atoms with Gasteiger partial charge in [0.1, 0.15) is 17.0 Å². The predicted octanol–water partition coefficient (Wildman–Crippen LogP) is -3.02. The molecule has 0 aromatic carbocycles. The van der Waals surface area contributed by atoms with Crippen LogP contribution >= 0.6 is 0 Å². The van der Waals surface area contributed by atoms with Gasteiger partial charge in [0.25, 0.3) is 0 Å². The Hall–Kier alpha value is 0.0749. The number of carbonyl (C=O) groups is 3. The van der Waals surface area contributed by atoms with Gasteiger partial charge >= 0.3 is 36.3 Å². The molecular formula is C6H10BNaO3. The number of hydrogen-bond acceptors (Lipinski definition) is 3. The normalized spacial score (nSPS) is 7.91. The van der Waals surface area contributed by atoms with E-state index in [9.17, 15) is 14.4 Å². The topological polar surface area (TPSA) is 51.2 Å². The molecule has 3 nitrogen and oxygen atoms in total. The van der Waals surface area contributed by atoms with E-state index in [0.29, 0.717) is 0 Å². The van der Waals surface area contributed by atoms with Gasteiger partial charge in [0, 0.05) is 0 Å². The molecule has 56 valence electrons. The second kappa shape index (κ2) is 5.69. The molecule has 0 rings (SSSR count). The molecule has 5 heteroatoms. The van der Waals surface area contributed by atoms with Crippen molar-refractivity contribution in [2.75, 3.05) is 0 Å². The first-order valence-corrected chi connectivity index (χ1v) is 2.98. The Morgan fingerprint density at radius 3 is 1.09 bits per heavy atom. The van der Waals surface area contributed by atoms with Crippen molar-refractivity contribution in [1.29, 1.82) is 0 Å². The van der Waals surface area contributed by atoms with Crippen LogP contribution in [0.4, 0.5) is 0 Å². The van der Waals surface area contributed by atoms with Crippen LogP contribution in [0.25, 0.3) is 0 Å². The minimum absolute atomic E-state index is 0. The van der Waals surface area contributed by atoms with Crippen LogP contribution in [0.3, 0.4) is 0 Å². The molecule has 0 saturated carbocycles. The van der Waals surface area contributed by atoms with E-state index in [1.807, 2.05) is 0 Å². The minimum Gasteiger partial charge on any atom is -1.00 e. The third kappa shape index (κ3) is 4.51. The molecule has 0 N–H and O–H groups in total. The molecule has 0 amide bonds. The first-order chi connectivity index (χ1) is 4.46.